The van der Waals surface area contributed by atoms with Crippen LogP contribution in [0.4, 0.5) is 0 Å². The molecule has 0 bridgehead atoms. The molecule has 22 valence electrons. The van der Waals surface area contributed by atoms with Crippen LogP contribution in [0.15, 0.2) is 0 Å². The van der Waals surface area contributed by atoms with Gasteiger partial charge in [-0.15, -0.1) is 0 Å². The zero-order chi connectivity index (χ0) is 3.41. The van der Waals surface area contributed by atoms with Gasteiger partial charge in [-0.25, -0.2) is 0 Å². The summed E-state index contributed by atoms with van der Waals surface area (Å²) < 4.78 is 6.94. The van der Waals surface area contributed by atoms with Crippen molar-refractivity contribution in [3.63, 3.8) is 0 Å². The summed E-state index contributed by atoms with van der Waals surface area (Å²) in [7, 11) is 1.78. The van der Waals surface area contributed by atoms with Crippen molar-refractivity contribution in [3.8, 4) is 0 Å². The molecule has 0 saturated heterocycles. The van der Waals surface area contributed by atoms with E-state index in [4.69, 9.17) is 2.64 Å². The van der Waals surface area contributed by atoms with Gasteiger partial charge >= 0.3 is 39.2 Å². The van der Waals surface area contributed by atoms with Crippen molar-refractivity contribution in [2.45, 2.75) is 4.43 Å². The molecule has 0 rings (SSSR count). The zero-order valence-electron chi connectivity index (χ0n) is 3.12. The summed E-state index contributed by atoms with van der Waals surface area (Å²) in [6.07, 6.45) is 0. The normalized spacial score (nSPS) is 5.50. The van der Waals surface area contributed by atoms with Crippen LogP contribution < -0.4 is 0 Å². The van der Waals surface area contributed by atoms with Crippen molar-refractivity contribution in [2.75, 3.05) is 7.11 Å². The molecule has 0 aliphatic carbocycles. The van der Waals surface area contributed by atoms with Gasteiger partial charge in [-0.1, -0.05) is 0 Å². The van der Waals surface area contributed by atoms with E-state index in [2.05, 4.69) is 4.43 Å². The Morgan fingerprint density at radius 1 is 1.75 bits per heavy atom. The summed E-state index contributed by atoms with van der Waals surface area (Å²) in [5, 5.41) is 0. The quantitative estimate of drug-likeness (QED) is 0.619. The molecule has 0 unspecified atom stereocenters. The molecule has 0 fully saturated rings. The second-order valence-electron chi connectivity index (χ2n) is 0.577. The third kappa shape index (κ3) is 2.90. The molecule has 0 aromatic heterocycles. The molecule has 0 saturated carbocycles. The maximum atomic E-state index is 4.76. The van der Waals surface area contributed by atoms with Gasteiger partial charge < -0.3 is 0 Å². The SMILES string of the molecule is C[O][Hg][CH3]. The Morgan fingerprint density at radius 3 is 2.00 bits per heavy atom. The Morgan fingerprint density at radius 2 is 2.00 bits per heavy atom. The van der Waals surface area contributed by atoms with Crippen molar-refractivity contribution >= 4 is 0 Å². The Hall–Kier alpha value is 0.895. The summed E-state index contributed by atoms with van der Waals surface area (Å²) in [4.78, 5) is 0. The monoisotopic (exact) mass is 248 g/mol. The average molecular weight is 247 g/mol. The van der Waals surface area contributed by atoms with Crippen molar-refractivity contribution < 1.29 is 27.7 Å². The molecule has 0 aromatic rings. The molecule has 0 aliphatic heterocycles. The van der Waals surface area contributed by atoms with Crippen molar-refractivity contribution in [3.05, 3.63) is 0 Å². The van der Waals surface area contributed by atoms with Crippen LogP contribution >= 0.6 is 0 Å². The first-order valence-corrected chi connectivity index (χ1v) is 9.15. The molecule has 0 aromatic carbocycles. The standard InChI is InChI=1S/CH3O.CH3.Hg/c1-2;;/h1H3;1H3;/q-1;;+1. The van der Waals surface area contributed by atoms with Gasteiger partial charge in [-0.05, 0) is 0 Å². The molecule has 0 amide bonds. The third-order valence-corrected chi connectivity index (χ3v) is 2.53. The van der Waals surface area contributed by atoms with Crippen LogP contribution in [-0.4, -0.2) is 7.11 Å². The van der Waals surface area contributed by atoms with Crippen LogP contribution in [0.3, 0.4) is 0 Å². The van der Waals surface area contributed by atoms with E-state index in [1.165, 1.54) is 0 Å². The second-order valence-corrected chi connectivity index (χ2v) is 5.07. The zero-order valence-corrected chi connectivity index (χ0v) is 8.61. The van der Waals surface area contributed by atoms with Gasteiger partial charge in [0.15, 0.2) is 0 Å². The molecule has 0 heterocycles. The van der Waals surface area contributed by atoms with Gasteiger partial charge in [0, 0.05) is 0 Å². The van der Waals surface area contributed by atoms with E-state index < -0.39 is 25.0 Å². The van der Waals surface area contributed by atoms with E-state index >= 15 is 0 Å². The fourth-order valence-corrected chi connectivity index (χ4v) is 0. The fourth-order valence-electron chi connectivity index (χ4n) is 0. The minimum atomic E-state index is -0.613. The Balaban J connectivity index is 1.97. The third-order valence-electron chi connectivity index (χ3n) is 0.289. The van der Waals surface area contributed by atoms with Crippen molar-refractivity contribution in [1.29, 1.82) is 0 Å². The van der Waals surface area contributed by atoms with Gasteiger partial charge in [0.25, 0.3) is 0 Å². The van der Waals surface area contributed by atoms with Crippen LogP contribution in [0.2, 0.25) is 4.43 Å². The van der Waals surface area contributed by atoms with Gasteiger partial charge in [0.2, 0.25) is 0 Å². The predicted molar refractivity (Wildman–Crippen MR) is 12.9 cm³/mol. The predicted octanol–water partition coefficient (Wildman–Crippen LogP) is 0.678. The topological polar surface area (TPSA) is 9.23 Å². The van der Waals surface area contributed by atoms with Gasteiger partial charge in [-0.3, -0.25) is 0 Å². The van der Waals surface area contributed by atoms with E-state index in [9.17, 15) is 0 Å². The van der Waals surface area contributed by atoms with Crippen molar-refractivity contribution in [2.24, 2.45) is 0 Å². The molecular weight excluding hydrogens is 241 g/mol. The molecule has 0 atom stereocenters. The average Bonchev–Trinajstić information content (AvgIpc) is 1.37. The fraction of sp³-hybridized carbons (Fsp3) is 1.00. The van der Waals surface area contributed by atoms with E-state index in [0.29, 0.717) is 0 Å². The van der Waals surface area contributed by atoms with Gasteiger partial charge in [0.05, 0.1) is 0 Å². The van der Waals surface area contributed by atoms with Crippen LogP contribution in [-0.2, 0) is 27.7 Å². The van der Waals surface area contributed by atoms with Crippen LogP contribution in [0.1, 0.15) is 0 Å². The van der Waals surface area contributed by atoms with Crippen molar-refractivity contribution in [1.82, 2.24) is 0 Å². The molecule has 0 N–H and O–H groups in total. The van der Waals surface area contributed by atoms with E-state index in [1.54, 1.807) is 7.11 Å². The van der Waals surface area contributed by atoms with E-state index in [0.717, 1.165) is 0 Å². The minimum absolute atomic E-state index is 0.613. The summed E-state index contributed by atoms with van der Waals surface area (Å²) >= 11 is -0.613. The molecular formula is C2H6HgO. The summed E-state index contributed by atoms with van der Waals surface area (Å²) in [6.45, 7) is 0. The number of rotatable bonds is 1. The number of hydrogen-bond acceptors (Lipinski definition) is 1. The molecule has 0 aliphatic rings. The van der Waals surface area contributed by atoms with Crippen LogP contribution in [0, 0.1) is 0 Å². The first-order valence-electron chi connectivity index (χ1n) is 1.40. The van der Waals surface area contributed by atoms with Gasteiger partial charge in [0.1, 0.15) is 0 Å². The Bertz CT molecular complexity index is 8.00. The first kappa shape index (κ1) is 4.90. The Kier molecular flexibility index (Phi) is 4.77. The maximum absolute atomic E-state index is 4.76. The number of hydrogen-bond donors (Lipinski definition) is 0. The van der Waals surface area contributed by atoms with Gasteiger partial charge in [-0.2, -0.15) is 0 Å². The molecule has 0 spiro atoms. The molecule has 2 heteroatoms. The van der Waals surface area contributed by atoms with E-state index in [1.807, 2.05) is 0 Å². The van der Waals surface area contributed by atoms with Crippen LogP contribution in [0.5, 0.6) is 0 Å². The molecule has 1 nitrogen and oxygen atoms in total. The molecule has 0 radical (unpaired) electrons. The molecule has 4 heavy (non-hydrogen) atoms. The Labute approximate surface area is 39.4 Å². The first-order chi connectivity index (χ1) is 1.91. The van der Waals surface area contributed by atoms with Crippen LogP contribution in [0.25, 0.3) is 0 Å². The second kappa shape index (κ2) is 3.90. The summed E-state index contributed by atoms with van der Waals surface area (Å²) in [5.41, 5.74) is 0. The van der Waals surface area contributed by atoms with E-state index in [-0.39, 0.29) is 0 Å². The summed E-state index contributed by atoms with van der Waals surface area (Å²) in [6, 6.07) is 0. The summed E-state index contributed by atoms with van der Waals surface area (Å²) in [5.74, 6) is 0.